The topological polar surface area (TPSA) is 78.7 Å². The SMILES string of the molecule is Cc1occc1C(=O)Nc1nc(CC(=O)N2CCCN(C)CC2)cs1. The molecule has 0 atom stereocenters. The van der Waals surface area contributed by atoms with Crippen LogP contribution in [0, 0.1) is 6.92 Å². The van der Waals surface area contributed by atoms with Crippen molar-refractivity contribution in [1.29, 1.82) is 0 Å². The van der Waals surface area contributed by atoms with Gasteiger partial charge in [-0.25, -0.2) is 4.98 Å². The fraction of sp³-hybridized carbons (Fsp3) is 0.471. The highest BCUT2D eigenvalue weighted by Gasteiger charge is 2.19. The minimum Gasteiger partial charge on any atom is -0.469 e. The first-order valence-corrected chi connectivity index (χ1v) is 9.17. The number of furan rings is 1. The number of nitrogens with zero attached hydrogens (tertiary/aromatic N) is 3. The van der Waals surface area contributed by atoms with Crippen LogP contribution in [0.25, 0.3) is 0 Å². The van der Waals surface area contributed by atoms with E-state index < -0.39 is 0 Å². The van der Waals surface area contributed by atoms with Crippen molar-refractivity contribution >= 4 is 28.3 Å². The van der Waals surface area contributed by atoms with Gasteiger partial charge >= 0.3 is 0 Å². The largest absolute Gasteiger partial charge is 0.469 e. The smallest absolute Gasteiger partial charge is 0.260 e. The van der Waals surface area contributed by atoms with Crippen LogP contribution in [0.4, 0.5) is 5.13 Å². The molecule has 0 spiro atoms. The molecule has 3 rings (SSSR count). The molecular formula is C17H22N4O3S. The second-order valence-corrected chi connectivity index (χ2v) is 7.06. The van der Waals surface area contributed by atoms with Crippen molar-refractivity contribution < 1.29 is 14.0 Å². The molecule has 0 aromatic carbocycles. The quantitative estimate of drug-likeness (QED) is 0.900. The van der Waals surface area contributed by atoms with Crippen LogP contribution in [0.15, 0.2) is 22.1 Å². The first kappa shape index (κ1) is 17.6. The number of carbonyl (C=O) groups is 2. The fourth-order valence-corrected chi connectivity index (χ4v) is 3.50. The third kappa shape index (κ3) is 4.46. The van der Waals surface area contributed by atoms with Crippen LogP contribution in [-0.2, 0) is 11.2 Å². The lowest BCUT2D eigenvalue weighted by Crippen LogP contribution is -2.35. The molecule has 1 aliphatic heterocycles. The van der Waals surface area contributed by atoms with Crippen LogP contribution in [0.3, 0.4) is 0 Å². The summed E-state index contributed by atoms with van der Waals surface area (Å²) >= 11 is 1.32. The standard InChI is InChI=1S/C17H22N4O3S/c1-12-14(4-9-24-12)16(23)19-17-18-13(11-25-17)10-15(22)21-6-3-5-20(2)7-8-21/h4,9,11H,3,5-8,10H2,1-2H3,(H,18,19,23). The molecule has 2 aromatic rings. The van der Waals surface area contributed by atoms with Gasteiger partial charge in [0.1, 0.15) is 5.76 Å². The molecule has 134 valence electrons. The zero-order valence-corrected chi connectivity index (χ0v) is 15.3. The lowest BCUT2D eigenvalue weighted by Gasteiger charge is -2.20. The van der Waals surface area contributed by atoms with Crippen molar-refractivity contribution in [1.82, 2.24) is 14.8 Å². The van der Waals surface area contributed by atoms with Gasteiger partial charge in [-0.2, -0.15) is 0 Å². The van der Waals surface area contributed by atoms with Gasteiger partial charge in [0.2, 0.25) is 5.91 Å². The molecule has 1 aliphatic rings. The maximum Gasteiger partial charge on any atom is 0.260 e. The van der Waals surface area contributed by atoms with Crippen LogP contribution in [0.2, 0.25) is 0 Å². The molecule has 0 unspecified atom stereocenters. The van der Waals surface area contributed by atoms with Gasteiger partial charge in [0.15, 0.2) is 5.13 Å². The maximum absolute atomic E-state index is 12.5. The molecule has 2 amide bonds. The first-order chi connectivity index (χ1) is 12.0. The lowest BCUT2D eigenvalue weighted by atomic mass is 10.2. The molecule has 0 bridgehead atoms. The zero-order valence-electron chi connectivity index (χ0n) is 14.4. The maximum atomic E-state index is 12.5. The molecule has 0 aliphatic carbocycles. The summed E-state index contributed by atoms with van der Waals surface area (Å²) in [6.45, 7) is 5.19. The van der Waals surface area contributed by atoms with Crippen molar-refractivity contribution in [2.45, 2.75) is 19.8 Å². The van der Waals surface area contributed by atoms with Crippen LogP contribution in [-0.4, -0.2) is 59.8 Å². The van der Waals surface area contributed by atoms with E-state index in [1.165, 1.54) is 17.6 Å². The van der Waals surface area contributed by atoms with Crippen molar-refractivity contribution in [3.63, 3.8) is 0 Å². The van der Waals surface area contributed by atoms with Gasteiger partial charge in [0.25, 0.3) is 5.91 Å². The number of aromatic nitrogens is 1. The van der Waals surface area contributed by atoms with Gasteiger partial charge in [-0.05, 0) is 33.0 Å². The Bertz CT molecular complexity index is 755. The number of rotatable bonds is 4. The third-order valence-electron chi connectivity index (χ3n) is 4.28. The molecule has 8 heteroatoms. The minimum atomic E-state index is -0.256. The fourth-order valence-electron chi connectivity index (χ4n) is 2.79. The van der Waals surface area contributed by atoms with E-state index in [4.69, 9.17) is 4.42 Å². The number of thiazole rings is 1. The van der Waals surface area contributed by atoms with Gasteiger partial charge in [-0.1, -0.05) is 0 Å². The van der Waals surface area contributed by atoms with Crippen molar-refractivity contribution in [3.05, 3.63) is 34.7 Å². The number of nitrogens with one attached hydrogen (secondary N) is 1. The van der Waals surface area contributed by atoms with Gasteiger partial charge in [-0.15, -0.1) is 11.3 Å². The average Bonchev–Trinajstić information content (AvgIpc) is 3.13. The first-order valence-electron chi connectivity index (χ1n) is 8.29. The molecule has 7 nitrogen and oxygen atoms in total. The van der Waals surface area contributed by atoms with Gasteiger partial charge in [-0.3, -0.25) is 14.9 Å². The summed E-state index contributed by atoms with van der Waals surface area (Å²) in [4.78, 5) is 33.1. The Kier molecular flexibility index (Phi) is 5.50. The number of aryl methyl sites for hydroxylation is 1. The van der Waals surface area contributed by atoms with E-state index in [2.05, 4.69) is 22.2 Å². The number of hydrogen-bond acceptors (Lipinski definition) is 6. The third-order valence-corrected chi connectivity index (χ3v) is 5.09. The zero-order chi connectivity index (χ0) is 17.8. The monoisotopic (exact) mass is 362 g/mol. The predicted octanol–water partition coefficient (Wildman–Crippen LogP) is 2.00. The van der Waals surface area contributed by atoms with Crippen molar-refractivity contribution in [3.8, 4) is 0 Å². The van der Waals surface area contributed by atoms with Crippen LogP contribution in [0.5, 0.6) is 0 Å². The summed E-state index contributed by atoms with van der Waals surface area (Å²) in [5, 5.41) is 5.06. The van der Waals surface area contributed by atoms with Gasteiger partial charge in [0, 0.05) is 25.0 Å². The van der Waals surface area contributed by atoms with Crippen LogP contribution in [0.1, 0.15) is 28.2 Å². The predicted molar refractivity (Wildman–Crippen MR) is 95.9 cm³/mol. The van der Waals surface area contributed by atoms with E-state index >= 15 is 0 Å². The molecule has 3 heterocycles. The van der Waals surface area contributed by atoms with Crippen molar-refractivity contribution in [2.75, 3.05) is 38.5 Å². The summed E-state index contributed by atoms with van der Waals surface area (Å²) < 4.78 is 5.13. The lowest BCUT2D eigenvalue weighted by molar-refractivity contribution is -0.130. The second kappa shape index (κ2) is 7.79. The number of likely N-dealkylation sites (N-methyl/N-ethyl adjacent to an activating group) is 1. The number of hydrogen-bond donors (Lipinski definition) is 1. The normalized spacial score (nSPS) is 15.8. The van der Waals surface area contributed by atoms with E-state index in [1.807, 2.05) is 10.3 Å². The Morgan fingerprint density at radius 1 is 1.32 bits per heavy atom. The van der Waals surface area contributed by atoms with Crippen LogP contribution >= 0.6 is 11.3 Å². The molecule has 0 radical (unpaired) electrons. The highest BCUT2D eigenvalue weighted by Crippen LogP contribution is 2.19. The van der Waals surface area contributed by atoms with Crippen molar-refractivity contribution in [2.24, 2.45) is 0 Å². The summed E-state index contributed by atoms with van der Waals surface area (Å²) in [6.07, 6.45) is 2.74. The van der Waals surface area contributed by atoms with E-state index in [-0.39, 0.29) is 18.2 Å². The summed E-state index contributed by atoms with van der Waals surface area (Å²) in [6, 6.07) is 1.62. The van der Waals surface area contributed by atoms with Gasteiger partial charge < -0.3 is 14.2 Å². The Balaban J connectivity index is 1.57. The minimum absolute atomic E-state index is 0.0872. The molecule has 2 aromatic heterocycles. The highest BCUT2D eigenvalue weighted by atomic mass is 32.1. The van der Waals surface area contributed by atoms with Gasteiger partial charge in [0.05, 0.1) is 23.9 Å². The Labute approximate surface area is 150 Å². The molecule has 1 N–H and O–H groups in total. The Morgan fingerprint density at radius 2 is 2.16 bits per heavy atom. The van der Waals surface area contributed by atoms with Crippen LogP contribution < -0.4 is 5.32 Å². The Morgan fingerprint density at radius 3 is 2.92 bits per heavy atom. The number of amides is 2. The van der Waals surface area contributed by atoms with E-state index in [9.17, 15) is 9.59 Å². The summed E-state index contributed by atoms with van der Waals surface area (Å²) in [7, 11) is 2.07. The molecule has 0 saturated carbocycles. The van der Waals surface area contributed by atoms with E-state index in [1.54, 1.807) is 13.0 Å². The summed E-state index contributed by atoms with van der Waals surface area (Å²) in [5.74, 6) is 0.397. The number of anilines is 1. The molecule has 1 saturated heterocycles. The average molecular weight is 362 g/mol. The Hall–Kier alpha value is -2.19. The molecular weight excluding hydrogens is 340 g/mol. The molecule has 1 fully saturated rings. The second-order valence-electron chi connectivity index (χ2n) is 6.20. The van der Waals surface area contributed by atoms with E-state index in [0.29, 0.717) is 22.1 Å². The van der Waals surface area contributed by atoms with E-state index in [0.717, 1.165) is 32.6 Å². The number of carbonyl (C=O) groups excluding carboxylic acids is 2. The molecule has 25 heavy (non-hydrogen) atoms. The summed E-state index contributed by atoms with van der Waals surface area (Å²) in [5.41, 5.74) is 1.17. The highest BCUT2D eigenvalue weighted by molar-refractivity contribution is 7.14.